The van der Waals surface area contributed by atoms with Crippen LogP contribution in [-0.4, -0.2) is 32.8 Å². The number of hydrogen-bond acceptors (Lipinski definition) is 5. The van der Waals surface area contributed by atoms with E-state index in [2.05, 4.69) is 10.1 Å². The van der Waals surface area contributed by atoms with Crippen LogP contribution in [0.3, 0.4) is 0 Å². The first-order valence-electron chi connectivity index (χ1n) is 5.21. The average molecular weight is 303 g/mol. The Kier molecular flexibility index (Phi) is 3.42. The number of nitrogens with zero attached hydrogens (tertiary/aromatic N) is 1. The molecular formula is C11H11ClN2O4S. The molecule has 0 unspecified atom stereocenters. The molecule has 8 heteroatoms. The number of sulfonamides is 1. The van der Waals surface area contributed by atoms with Gasteiger partial charge in [0.1, 0.15) is 10.7 Å². The van der Waals surface area contributed by atoms with E-state index in [1.165, 1.54) is 32.4 Å². The molecule has 1 aliphatic heterocycles. The summed E-state index contributed by atoms with van der Waals surface area (Å²) in [6.07, 6.45) is 1.06. The lowest BCUT2D eigenvalue weighted by Gasteiger charge is -2.30. The Balaban J connectivity index is 2.58. The van der Waals surface area contributed by atoms with Gasteiger partial charge in [-0.25, -0.2) is 13.2 Å². The maximum absolute atomic E-state index is 12.2. The third-order valence-corrected chi connectivity index (χ3v) is 4.70. The molecule has 0 aromatic heterocycles. The second-order valence-electron chi connectivity index (χ2n) is 3.79. The van der Waals surface area contributed by atoms with Crippen molar-refractivity contribution in [3.05, 3.63) is 35.1 Å². The minimum atomic E-state index is -3.70. The van der Waals surface area contributed by atoms with Gasteiger partial charge >= 0.3 is 5.97 Å². The number of benzene rings is 1. The maximum atomic E-state index is 12.2. The third kappa shape index (κ3) is 2.39. The summed E-state index contributed by atoms with van der Waals surface area (Å²) in [7, 11) is -1.15. The summed E-state index contributed by atoms with van der Waals surface area (Å²) < 4.78 is 29.9. The van der Waals surface area contributed by atoms with Gasteiger partial charge in [0.15, 0.2) is 0 Å². The summed E-state index contributed by atoms with van der Waals surface area (Å²) in [6, 6.07) is 4.38. The highest BCUT2D eigenvalue weighted by Crippen LogP contribution is 2.34. The highest BCUT2D eigenvalue weighted by atomic mass is 35.5. The minimum Gasteiger partial charge on any atom is -0.466 e. The Morgan fingerprint density at radius 1 is 1.47 bits per heavy atom. The molecule has 0 radical (unpaired) electrons. The van der Waals surface area contributed by atoms with Gasteiger partial charge in [-0.05, 0) is 18.2 Å². The Morgan fingerprint density at radius 3 is 2.79 bits per heavy atom. The van der Waals surface area contributed by atoms with E-state index >= 15 is 0 Å². The van der Waals surface area contributed by atoms with Crippen molar-refractivity contribution in [2.45, 2.75) is 4.90 Å². The van der Waals surface area contributed by atoms with Crippen molar-refractivity contribution in [1.82, 2.24) is 4.31 Å². The summed E-state index contributed by atoms with van der Waals surface area (Å²) in [5.74, 6) is -0.559. The van der Waals surface area contributed by atoms with Crippen molar-refractivity contribution in [3.63, 3.8) is 0 Å². The molecule has 6 nitrogen and oxygen atoms in total. The highest BCUT2D eigenvalue weighted by Gasteiger charge is 2.31. The molecule has 0 fully saturated rings. The molecule has 1 aliphatic rings. The molecular weight excluding hydrogens is 292 g/mol. The van der Waals surface area contributed by atoms with Gasteiger partial charge in [-0.3, -0.25) is 4.31 Å². The second-order valence-corrected chi connectivity index (χ2v) is 6.16. The zero-order valence-corrected chi connectivity index (χ0v) is 11.7. The fraction of sp³-hybridized carbons (Fsp3) is 0.182. The van der Waals surface area contributed by atoms with Gasteiger partial charge in [0.25, 0.3) is 10.0 Å². The minimum absolute atomic E-state index is 0.0985. The summed E-state index contributed by atoms with van der Waals surface area (Å²) in [5, 5.41) is 3.22. The van der Waals surface area contributed by atoms with Crippen LogP contribution in [0.2, 0.25) is 5.02 Å². The van der Waals surface area contributed by atoms with Crippen LogP contribution >= 0.6 is 11.6 Å². The van der Waals surface area contributed by atoms with Gasteiger partial charge in [0, 0.05) is 12.1 Å². The van der Waals surface area contributed by atoms with Gasteiger partial charge in [-0.1, -0.05) is 11.6 Å². The molecule has 0 bridgehead atoms. The van der Waals surface area contributed by atoms with Crippen molar-refractivity contribution in [2.24, 2.45) is 0 Å². The number of rotatable bonds is 1. The van der Waals surface area contributed by atoms with Crippen LogP contribution < -0.4 is 5.32 Å². The van der Waals surface area contributed by atoms with Crippen LogP contribution in [0.25, 0.3) is 0 Å². The van der Waals surface area contributed by atoms with E-state index < -0.39 is 16.0 Å². The average Bonchev–Trinajstić information content (AvgIpc) is 2.35. The number of ether oxygens (including phenoxy) is 1. The zero-order valence-electron chi connectivity index (χ0n) is 10.2. The highest BCUT2D eigenvalue weighted by molar-refractivity contribution is 7.89. The van der Waals surface area contributed by atoms with E-state index in [9.17, 15) is 13.2 Å². The van der Waals surface area contributed by atoms with E-state index in [0.29, 0.717) is 10.7 Å². The Morgan fingerprint density at radius 2 is 2.16 bits per heavy atom. The molecule has 0 atom stereocenters. The molecule has 1 N–H and O–H groups in total. The van der Waals surface area contributed by atoms with Crippen molar-refractivity contribution in [2.75, 3.05) is 19.5 Å². The predicted octanol–water partition coefficient (Wildman–Crippen LogP) is 1.40. The number of halogens is 1. The standard InChI is InChI=1S/C11H11ClN2O4S/c1-14-10(6-11(15)18-2)13-8-5-7(12)3-4-9(8)19(14,16)17/h3-6,13H,1-2H3/b10-6-. The predicted molar refractivity (Wildman–Crippen MR) is 70.1 cm³/mol. The Bertz CT molecular complexity index is 669. The number of methoxy groups -OCH3 is 1. The molecule has 19 heavy (non-hydrogen) atoms. The van der Waals surface area contributed by atoms with Crippen molar-refractivity contribution >= 4 is 33.3 Å². The number of hydrogen-bond donors (Lipinski definition) is 1. The van der Waals surface area contributed by atoms with Crippen LogP contribution in [0.5, 0.6) is 0 Å². The summed E-state index contributed by atoms with van der Waals surface area (Å²) in [6.45, 7) is 0. The molecule has 0 spiro atoms. The molecule has 0 saturated heterocycles. The van der Waals surface area contributed by atoms with Gasteiger partial charge in [-0.2, -0.15) is 0 Å². The van der Waals surface area contributed by atoms with E-state index in [0.717, 1.165) is 10.4 Å². The van der Waals surface area contributed by atoms with Crippen molar-refractivity contribution in [1.29, 1.82) is 0 Å². The third-order valence-electron chi connectivity index (χ3n) is 2.64. The summed E-state index contributed by atoms with van der Waals surface area (Å²) in [5.41, 5.74) is 0.320. The molecule has 0 amide bonds. The molecule has 0 aliphatic carbocycles. The first kappa shape index (κ1) is 13.7. The lowest BCUT2D eigenvalue weighted by molar-refractivity contribution is -0.134. The van der Waals surface area contributed by atoms with Gasteiger partial charge in [0.05, 0.1) is 18.9 Å². The van der Waals surface area contributed by atoms with E-state index in [-0.39, 0.29) is 10.7 Å². The number of nitrogens with one attached hydrogen (secondary N) is 1. The van der Waals surface area contributed by atoms with Crippen molar-refractivity contribution in [3.8, 4) is 0 Å². The van der Waals surface area contributed by atoms with Crippen LogP contribution in [0.15, 0.2) is 35.0 Å². The van der Waals surface area contributed by atoms with E-state index in [1.54, 1.807) is 0 Å². The van der Waals surface area contributed by atoms with E-state index in [1.807, 2.05) is 0 Å². The fourth-order valence-corrected chi connectivity index (χ4v) is 3.07. The van der Waals surface area contributed by atoms with Crippen LogP contribution in [0.4, 0.5) is 5.69 Å². The van der Waals surface area contributed by atoms with E-state index in [4.69, 9.17) is 11.6 Å². The number of fused-ring (bicyclic) bond motifs is 1. The van der Waals surface area contributed by atoms with Crippen LogP contribution in [-0.2, 0) is 19.6 Å². The largest absolute Gasteiger partial charge is 0.466 e. The van der Waals surface area contributed by atoms with Gasteiger partial charge < -0.3 is 10.1 Å². The molecule has 1 heterocycles. The topological polar surface area (TPSA) is 75.7 Å². The monoisotopic (exact) mass is 302 g/mol. The quantitative estimate of drug-likeness (QED) is 0.627. The molecule has 0 saturated carbocycles. The number of anilines is 1. The second kappa shape index (κ2) is 4.75. The lowest BCUT2D eigenvalue weighted by atomic mass is 10.3. The first-order chi connectivity index (χ1) is 8.86. The molecule has 2 rings (SSSR count). The SMILES string of the molecule is COC(=O)/C=C1/Nc2cc(Cl)ccc2S(=O)(=O)N1C. The summed E-state index contributed by atoms with van der Waals surface area (Å²) in [4.78, 5) is 11.3. The fourth-order valence-electron chi connectivity index (χ4n) is 1.62. The molecule has 1 aromatic rings. The van der Waals surface area contributed by atoms with Crippen LogP contribution in [0, 0.1) is 0 Å². The zero-order chi connectivity index (χ0) is 14.2. The van der Waals surface area contributed by atoms with Crippen molar-refractivity contribution < 1.29 is 17.9 Å². The molecule has 102 valence electrons. The van der Waals surface area contributed by atoms with Gasteiger partial charge in [0.2, 0.25) is 0 Å². The molecule has 1 aromatic carbocycles. The first-order valence-corrected chi connectivity index (χ1v) is 7.03. The number of esters is 1. The maximum Gasteiger partial charge on any atom is 0.334 e. The van der Waals surface area contributed by atoms with Crippen LogP contribution in [0.1, 0.15) is 0 Å². The number of carbonyl (C=O) groups is 1. The van der Waals surface area contributed by atoms with Gasteiger partial charge in [-0.15, -0.1) is 0 Å². The smallest absolute Gasteiger partial charge is 0.334 e. The summed E-state index contributed by atoms with van der Waals surface area (Å²) >= 11 is 5.83. The normalized spacial score (nSPS) is 18.7. The Hall–Kier alpha value is -1.73. The Labute approximate surface area is 115 Å². The lowest BCUT2D eigenvalue weighted by Crippen LogP contribution is -2.35. The number of carbonyl (C=O) groups excluding carboxylic acids is 1.